The van der Waals surface area contributed by atoms with E-state index in [-0.39, 0.29) is 11.9 Å². The summed E-state index contributed by atoms with van der Waals surface area (Å²) in [5.74, 6) is 1.26. The minimum absolute atomic E-state index is 0.123. The maximum atomic E-state index is 11.4. The molecule has 1 heterocycles. The molecular formula is C8H14N2O. The lowest BCUT2D eigenvalue weighted by molar-refractivity contribution is -0.127. The summed E-state index contributed by atoms with van der Waals surface area (Å²) in [6.45, 7) is 5.89. The second-order valence-corrected chi connectivity index (χ2v) is 3.26. The average Bonchev–Trinajstić information content (AvgIpc) is 2.17. The summed E-state index contributed by atoms with van der Waals surface area (Å²) in [5, 5.41) is 0. The SMILES string of the molecule is CC1=NC(C(C)C)C(=O)N1C. The maximum absolute atomic E-state index is 11.4. The van der Waals surface area contributed by atoms with E-state index in [0.717, 1.165) is 5.84 Å². The van der Waals surface area contributed by atoms with Gasteiger partial charge in [-0.1, -0.05) is 13.8 Å². The summed E-state index contributed by atoms with van der Waals surface area (Å²) in [4.78, 5) is 17.2. The van der Waals surface area contributed by atoms with Gasteiger partial charge in [0.25, 0.3) is 5.91 Å². The Morgan fingerprint density at radius 3 is 2.27 bits per heavy atom. The van der Waals surface area contributed by atoms with Gasteiger partial charge in [0.2, 0.25) is 0 Å². The van der Waals surface area contributed by atoms with Crippen LogP contribution in [0.25, 0.3) is 0 Å². The first kappa shape index (κ1) is 8.24. The van der Waals surface area contributed by atoms with Crippen LogP contribution in [0.5, 0.6) is 0 Å². The molecule has 0 spiro atoms. The average molecular weight is 154 g/mol. The van der Waals surface area contributed by atoms with Crippen molar-refractivity contribution in [2.24, 2.45) is 10.9 Å². The number of amides is 1. The van der Waals surface area contributed by atoms with Crippen molar-refractivity contribution in [2.75, 3.05) is 7.05 Å². The Morgan fingerprint density at radius 1 is 1.55 bits per heavy atom. The molecule has 0 aliphatic carbocycles. The number of hydrogen-bond acceptors (Lipinski definition) is 2. The molecular weight excluding hydrogens is 140 g/mol. The Balaban J connectivity index is 2.81. The molecule has 62 valence electrons. The smallest absolute Gasteiger partial charge is 0.252 e. The highest BCUT2D eigenvalue weighted by Gasteiger charge is 2.31. The van der Waals surface area contributed by atoms with E-state index in [2.05, 4.69) is 4.99 Å². The molecule has 1 rings (SSSR count). The fourth-order valence-electron chi connectivity index (χ4n) is 1.14. The molecule has 0 aromatic rings. The van der Waals surface area contributed by atoms with Gasteiger partial charge >= 0.3 is 0 Å². The van der Waals surface area contributed by atoms with E-state index in [0.29, 0.717) is 5.92 Å². The van der Waals surface area contributed by atoms with E-state index < -0.39 is 0 Å². The molecule has 3 nitrogen and oxygen atoms in total. The van der Waals surface area contributed by atoms with Crippen LogP contribution in [0, 0.1) is 5.92 Å². The molecule has 11 heavy (non-hydrogen) atoms. The van der Waals surface area contributed by atoms with Crippen LogP contribution < -0.4 is 0 Å². The van der Waals surface area contributed by atoms with E-state index in [9.17, 15) is 4.79 Å². The number of aliphatic imine (C=N–C) groups is 1. The lowest BCUT2D eigenvalue weighted by Gasteiger charge is -2.12. The van der Waals surface area contributed by atoms with Gasteiger partial charge in [-0.3, -0.25) is 9.79 Å². The van der Waals surface area contributed by atoms with Gasteiger partial charge < -0.3 is 4.90 Å². The third-order valence-corrected chi connectivity index (χ3v) is 2.03. The van der Waals surface area contributed by atoms with Crippen molar-refractivity contribution in [3.8, 4) is 0 Å². The highest BCUT2D eigenvalue weighted by Crippen LogP contribution is 2.16. The molecule has 0 bridgehead atoms. The Bertz CT molecular complexity index is 208. The van der Waals surface area contributed by atoms with Gasteiger partial charge in [-0.25, -0.2) is 0 Å². The van der Waals surface area contributed by atoms with Crippen LogP contribution in [-0.2, 0) is 4.79 Å². The number of amidine groups is 1. The molecule has 0 saturated heterocycles. The summed E-state index contributed by atoms with van der Waals surface area (Å²) in [6, 6.07) is -0.139. The highest BCUT2D eigenvalue weighted by molar-refractivity contribution is 6.04. The van der Waals surface area contributed by atoms with Gasteiger partial charge in [0.05, 0.1) is 0 Å². The minimum Gasteiger partial charge on any atom is -0.302 e. The van der Waals surface area contributed by atoms with Crippen LogP contribution in [0.4, 0.5) is 0 Å². The molecule has 1 unspecified atom stereocenters. The quantitative estimate of drug-likeness (QED) is 0.552. The van der Waals surface area contributed by atoms with E-state index in [1.54, 1.807) is 11.9 Å². The van der Waals surface area contributed by atoms with Gasteiger partial charge in [0, 0.05) is 7.05 Å². The molecule has 1 amide bonds. The van der Waals surface area contributed by atoms with E-state index in [1.165, 1.54) is 0 Å². The van der Waals surface area contributed by atoms with Crippen LogP contribution in [0.15, 0.2) is 4.99 Å². The molecule has 0 aromatic heterocycles. The lowest BCUT2D eigenvalue weighted by atomic mass is 10.1. The Kier molecular flexibility index (Phi) is 1.98. The molecule has 1 aliphatic heterocycles. The largest absolute Gasteiger partial charge is 0.302 e. The highest BCUT2D eigenvalue weighted by atomic mass is 16.2. The maximum Gasteiger partial charge on any atom is 0.252 e. The fourth-order valence-corrected chi connectivity index (χ4v) is 1.14. The summed E-state index contributed by atoms with van der Waals surface area (Å²) < 4.78 is 0. The first-order valence-electron chi connectivity index (χ1n) is 3.86. The van der Waals surface area contributed by atoms with Crippen molar-refractivity contribution in [3.05, 3.63) is 0 Å². The second kappa shape index (κ2) is 2.64. The van der Waals surface area contributed by atoms with Crippen molar-refractivity contribution in [1.29, 1.82) is 0 Å². The van der Waals surface area contributed by atoms with Crippen LogP contribution in [-0.4, -0.2) is 29.7 Å². The molecule has 0 N–H and O–H groups in total. The third-order valence-electron chi connectivity index (χ3n) is 2.03. The van der Waals surface area contributed by atoms with Crippen molar-refractivity contribution >= 4 is 11.7 Å². The van der Waals surface area contributed by atoms with Gasteiger partial charge in [0.1, 0.15) is 11.9 Å². The number of nitrogens with zero attached hydrogens (tertiary/aromatic N) is 2. The first-order valence-corrected chi connectivity index (χ1v) is 3.86. The lowest BCUT2D eigenvalue weighted by Crippen LogP contribution is -2.32. The van der Waals surface area contributed by atoms with Gasteiger partial charge in [0.15, 0.2) is 0 Å². The van der Waals surface area contributed by atoms with Crippen LogP contribution in [0.2, 0.25) is 0 Å². The van der Waals surface area contributed by atoms with Crippen LogP contribution >= 0.6 is 0 Å². The normalized spacial score (nSPS) is 24.8. The van der Waals surface area contributed by atoms with Crippen molar-refractivity contribution in [3.63, 3.8) is 0 Å². The first-order chi connectivity index (χ1) is 5.04. The summed E-state index contributed by atoms with van der Waals surface area (Å²) in [5.41, 5.74) is 0. The van der Waals surface area contributed by atoms with Crippen molar-refractivity contribution < 1.29 is 4.79 Å². The number of likely N-dealkylation sites (N-methyl/N-ethyl adjacent to an activating group) is 1. The minimum atomic E-state index is -0.139. The van der Waals surface area contributed by atoms with Gasteiger partial charge in [-0.05, 0) is 12.8 Å². The standard InChI is InChI=1S/C8H14N2O/c1-5(2)7-8(11)10(4)6(3)9-7/h5,7H,1-4H3. The van der Waals surface area contributed by atoms with E-state index in [1.807, 2.05) is 20.8 Å². The molecule has 0 radical (unpaired) electrons. The topological polar surface area (TPSA) is 32.7 Å². The van der Waals surface area contributed by atoms with Crippen LogP contribution in [0.3, 0.4) is 0 Å². The van der Waals surface area contributed by atoms with E-state index >= 15 is 0 Å². The molecule has 1 aliphatic rings. The molecule has 1 atom stereocenters. The zero-order valence-corrected chi connectivity index (χ0v) is 7.46. The monoisotopic (exact) mass is 154 g/mol. The zero-order valence-electron chi connectivity index (χ0n) is 7.46. The predicted molar refractivity (Wildman–Crippen MR) is 44.5 cm³/mol. The summed E-state index contributed by atoms with van der Waals surface area (Å²) in [7, 11) is 1.77. The predicted octanol–water partition coefficient (Wildman–Crippen LogP) is 0.901. The fraction of sp³-hybridized carbons (Fsp3) is 0.750. The molecule has 0 saturated carbocycles. The molecule has 3 heteroatoms. The summed E-state index contributed by atoms with van der Waals surface area (Å²) >= 11 is 0. The number of carbonyl (C=O) groups is 1. The van der Waals surface area contributed by atoms with Crippen LogP contribution in [0.1, 0.15) is 20.8 Å². The third kappa shape index (κ3) is 1.27. The number of hydrogen-bond donors (Lipinski definition) is 0. The van der Waals surface area contributed by atoms with Crippen molar-refractivity contribution in [2.45, 2.75) is 26.8 Å². The zero-order chi connectivity index (χ0) is 8.59. The second-order valence-electron chi connectivity index (χ2n) is 3.26. The Labute approximate surface area is 67.1 Å². The number of rotatable bonds is 1. The van der Waals surface area contributed by atoms with Crippen molar-refractivity contribution in [1.82, 2.24) is 4.90 Å². The Morgan fingerprint density at radius 2 is 2.09 bits per heavy atom. The van der Waals surface area contributed by atoms with Gasteiger partial charge in [-0.15, -0.1) is 0 Å². The summed E-state index contributed by atoms with van der Waals surface area (Å²) in [6.07, 6.45) is 0. The van der Waals surface area contributed by atoms with E-state index in [4.69, 9.17) is 0 Å². The Hall–Kier alpha value is -0.860. The van der Waals surface area contributed by atoms with Gasteiger partial charge in [-0.2, -0.15) is 0 Å². The molecule has 0 fully saturated rings. The molecule has 0 aromatic carbocycles. The number of carbonyl (C=O) groups excluding carboxylic acids is 1.